The summed E-state index contributed by atoms with van der Waals surface area (Å²) in [5, 5.41) is 9.88. The molecule has 0 fully saturated rings. The van der Waals surface area contributed by atoms with Crippen LogP contribution in [0.15, 0.2) is 89.8 Å². The minimum Gasteiger partial charge on any atom is -0.460 e. The van der Waals surface area contributed by atoms with Crippen LogP contribution in [0.3, 0.4) is 0 Å². The average Bonchev–Trinajstić information content (AvgIpc) is 2.94. The first kappa shape index (κ1) is 29.0. The van der Waals surface area contributed by atoms with E-state index in [1.54, 1.807) is 42.5 Å². The second-order valence-electron chi connectivity index (χ2n) is 8.15. The number of ether oxygens (including phenoxy) is 1. The Kier molecular flexibility index (Phi) is 10.3. The molecule has 0 saturated heterocycles. The molecule has 39 heavy (non-hydrogen) atoms. The Morgan fingerprint density at radius 2 is 1.41 bits per heavy atom. The summed E-state index contributed by atoms with van der Waals surface area (Å²) in [5.74, 6) is -2.53. The predicted molar refractivity (Wildman–Crippen MR) is 140 cm³/mol. The van der Waals surface area contributed by atoms with Crippen LogP contribution in [0.2, 0.25) is 0 Å². The van der Waals surface area contributed by atoms with Gasteiger partial charge < -0.3 is 15.4 Å². The van der Waals surface area contributed by atoms with Crippen molar-refractivity contribution in [3.63, 3.8) is 0 Å². The highest BCUT2D eigenvalue weighted by atomic mass is 32.2. The van der Waals surface area contributed by atoms with E-state index in [9.17, 15) is 27.6 Å². The second kappa shape index (κ2) is 13.8. The molecular weight excluding hydrogens is 526 g/mol. The standard InChI is InChI=1S/C26H27N5O7S/c27-39(36,37)21-13-11-20(12-14-21)25(34)31-30-24(19-9-5-2-6-10-19)26(35)29-15-22(32)28-16-23(33)38-17-18-7-3-1-4-8-18/h1-14,24,30H,15-17H2,(H,28,32)(H,29,35)(H,31,34)(H2,27,36,37)/t24-/m0/s1. The highest BCUT2D eigenvalue weighted by Gasteiger charge is 2.22. The van der Waals surface area contributed by atoms with Gasteiger partial charge >= 0.3 is 5.97 Å². The van der Waals surface area contributed by atoms with E-state index in [1.165, 1.54) is 24.3 Å². The molecule has 13 heteroatoms. The average molecular weight is 554 g/mol. The SMILES string of the molecule is NS(=O)(=O)c1ccc(C(=O)NN[C@H](C(=O)NCC(=O)NCC(=O)OCc2ccccc2)c2ccccc2)cc1. The van der Waals surface area contributed by atoms with Crippen molar-refractivity contribution in [2.75, 3.05) is 13.1 Å². The highest BCUT2D eigenvalue weighted by Crippen LogP contribution is 2.13. The zero-order valence-corrected chi connectivity index (χ0v) is 21.4. The number of amides is 3. The van der Waals surface area contributed by atoms with Crippen LogP contribution in [-0.2, 0) is 35.8 Å². The van der Waals surface area contributed by atoms with E-state index in [4.69, 9.17) is 9.88 Å². The van der Waals surface area contributed by atoms with E-state index in [0.717, 1.165) is 5.56 Å². The van der Waals surface area contributed by atoms with E-state index in [-0.39, 0.29) is 23.6 Å². The van der Waals surface area contributed by atoms with Crippen molar-refractivity contribution < 1.29 is 32.3 Å². The topological polar surface area (TPSA) is 186 Å². The van der Waals surface area contributed by atoms with Crippen molar-refractivity contribution in [1.82, 2.24) is 21.5 Å². The molecule has 0 aliphatic rings. The van der Waals surface area contributed by atoms with E-state index in [2.05, 4.69) is 21.5 Å². The second-order valence-corrected chi connectivity index (χ2v) is 9.71. The van der Waals surface area contributed by atoms with E-state index in [1.807, 2.05) is 18.2 Å². The van der Waals surface area contributed by atoms with Crippen LogP contribution in [0.5, 0.6) is 0 Å². The molecule has 0 bridgehead atoms. The fraction of sp³-hybridized carbons (Fsp3) is 0.154. The summed E-state index contributed by atoms with van der Waals surface area (Å²) in [7, 11) is -3.91. The molecule has 0 aliphatic heterocycles. The molecule has 0 unspecified atom stereocenters. The maximum atomic E-state index is 12.9. The highest BCUT2D eigenvalue weighted by molar-refractivity contribution is 7.89. The predicted octanol–water partition coefficient (Wildman–Crippen LogP) is 0.286. The third kappa shape index (κ3) is 9.34. The lowest BCUT2D eigenvalue weighted by atomic mass is 10.1. The van der Waals surface area contributed by atoms with Crippen molar-refractivity contribution in [2.24, 2.45) is 5.14 Å². The Bertz CT molecular complexity index is 1400. The third-order valence-corrected chi connectivity index (χ3v) is 6.20. The van der Waals surface area contributed by atoms with Crippen LogP contribution >= 0.6 is 0 Å². The van der Waals surface area contributed by atoms with Gasteiger partial charge in [0.05, 0.1) is 11.4 Å². The smallest absolute Gasteiger partial charge is 0.325 e. The zero-order valence-electron chi connectivity index (χ0n) is 20.6. The van der Waals surface area contributed by atoms with Gasteiger partial charge in [-0.15, -0.1) is 0 Å². The molecule has 1 atom stereocenters. The van der Waals surface area contributed by atoms with Crippen LogP contribution in [0.4, 0.5) is 0 Å². The summed E-state index contributed by atoms with van der Waals surface area (Å²) < 4.78 is 27.9. The molecule has 3 aromatic rings. The quantitative estimate of drug-likeness (QED) is 0.156. The van der Waals surface area contributed by atoms with Crippen molar-refractivity contribution in [2.45, 2.75) is 17.5 Å². The molecule has 0 heterocycles. The lowest BCUT2D eigenvalue weighted by molar-refractivity contribution is -0.145. The minimum absolute atomic E-state index is 0.0681. The molecule has 0 radical (unpaired) electrons. The summed E-state index contributed by atoms with van der Waals surface area (Å²) in [5.41, 5.74) is 6.43. The number of rotatable bonds is 12. The van der Waals surface area contributed by atoms with Gasteiger partial charge in [-0.1, -0.05) is 60.7 Å². The van der Waals surface area contributed by atoms with Gasteiger partial charge in [-0.05, 0) is 35.4 Å². The van der Waals surface area contributed by atoms with E-state index < -0.39 is 46.3 Å². The number of hydrogen-bond donors (Lipinski definition) is 5. The molecule has 3 amide bonds. The fourth-order valence-electron chi connectivity index (χ4n) is 3.24. The van der Waals surface area contributed by atoms with Gasteiger partial charge in [0, 0.05) is 5.56 Å². The Labute approximate surface area is 224 Å². The first-order valence-electron chi connectivity index (χ1n) is 11.6. The Balaban J connectivity index is 1.51. The zero-order chi connectivity index (χ0) is 28.3. The molecule has 204 valence electrons. The number of hydrogen-bond acceptors (Lipinski definition) is 8. The van der Waals surface area contributed by atoms with Crippen molar-refractivity contribution in [3.05, 3.63) is 102 Å². The maximum absolute atomic E-state index is 12.9. The molecule has 3 rings (SSSR count). The van der Waals surface area contributed by atoms with Crippen LogP contribution < -0.4 is 26.6 Å². The van der Waals surface area contributed by atoms with Crippen molar-refractivity contribution >= 4 is 33.7 Å². The summed E-state index contributed by atoms with van der Waals surface area (Å²) >= 11 is 0. The Morgan fingerprint density at radius 1 is 0.795 bits per heavy atom. The molecule has 6 N–H and O–H groups in total. The lowest BCUT2D eigenvalue weighted by Crippen LogP contribution is -2.48. The molecule has 0 saturated carbocycles. The van der Waals surface area contributed by atoms with Gasteiger partial charge in [0.2, 0.25) is 21.8 Å². The van der Waals surface area contributed by atoms with Crippen molar-refractivity contribution in [1.29, 1.82) is 0 Å². The van der Waals surface area contributed by atoms with Gasteiger partial charge in [-0.25, -0.2) is 19.0 Å². The van der Waals surface area contributed by atoms with E-state index in [0.29, 0.717) is 5.56 Å². The fourth-order valence-corrected chi connectivity index (χ4v) is 3.76. The number of benzene rings is 3. The number of esters is 1. The first-order valence-corrected chi connectivity index (χ1v) is 13.2. The molecule has 3 aromatic carbocycles. The lowest BCUT2D eigenvalue weighted by Gasteiger charge is -2.19. The number of nitrogens with one attached hydrogen (secondary N) is 4. The number of hydrazine groups is 1. The molecular formula is C26H27N5O7S. The first-order chi connectivity index (χ1) is 18.6. The van der Waals surface area contributed by atoms with E-state index >= 15 is 0 Å². The third-order valence-electron chi connectivity index (χ3n) is 5.27. The summed E-state index contributed by atoms with van der Waals surface area (Å²) in [6.07, 6.45) is 0. The molecule has 0 spiro atoms. The summed E-state index contributed by atoms with van der Waals surface area (Å²) in [6.45, 7) is -0.736. The monoisotopic (exact) mass is 553 g/mol. The van der Waals surface area contributed by atoms with Gasteiger partial charge in [-0.2, -0.15) is 0 Å². The Hall–Kier alpha value is -4.59. The number of carbonyl (C=O) groups excluding carboxylic acids is 4. The number of carbonyl (C=O) groups is 4. The molecule has 12 nitrogen and oxygen atoms in total. The van der Waals surface area contributed by atoms with Gasteiger partial charge in [0.25, 0.3) is 5.91 Å². The van der Waals surface area contributed by atoms with Gasteiger partial charge in [0.15, 0.2) is 0 Å². The van der Waals surface area contributed by atoms with Gasteiger partial charge in [-0.3, -0.25) is 24.6 Å². The largest absolute Gasteiger partial charge is 0.460 e. The van der Waals surface area contributed by atoms with Crippen LogP contribution in [0.25, 0.3) is 0 Å². The molecule has 0 aromatic heterocycles. The Morgan fingerprint density at radius 3 is 2.03 bits per heavy atom. The number of sulfonamides is 1. The normalized spacial score (nSPS) is 11.6. The summed E-state index contributed by atoms with van der Waals surface area (Å²) in [6, 6.07) is 21.3. The number of primary sulfonamides is 1. The van der Waals surface area contributed by atoms with Crippen molar-refractivity contribution in [3.8, 4) is 0 Å². The van der Waals surface area contributed by atoms with Gasteiger partial charge in [0.1, 0.15) is 19.2 Å². The molecule has 0 aliphatic carbocycles. The maximum Gasteiger partial charge on any atom is 0.325 e. The van der Waals surface area contributed by atoms with Crippen LogP contribution in [0, 0.1) is 0 Å². The summed E-state index contributed by atoms with van der Waals surface area (Å²) in [4.78, 5) is 49.3. The van der Waals surface area contributed by atoms with Crippen LogP contribution in [-0.4, -0.2) is 45.2 Å². The number of nitrogens with two attached hydrogens (primary N) is 1. The minimum atomic E-state index is -3.91. The van der Waals surface area contributed by atoms with Crippen LogP contribution in [0.1, 0.15) is 27.5 Å².